The third-order valence-corrected chi connectivity index (χ3v) is 3.23. The zero-order valence-electron chi connectivity index (χ0n) is 10.6. The highest BCUT2D eigenvalue weighted by Crippen LogP contribution is 2.09. The number of likely N-dealkylation sites (N-methyl/N-ethyl adjacent to an activating group) is 2. The predicted octanol–water partition coefficient (Wildman–Crippen LogP) is -0.827. The van der Waals surface area contributed by atoms with Crippen LogP contribution in [0.15, 0.2) is 6.20 Å². The van der Waals surface area contributed by atoms with Crippen molar-refractivity contribution in [3.8, 4) is 0 Å². The van der Waals surface area contributed by atoms with Gasteiger partial charge in [-0.3, -0.25) is 14.4 Å². The molecule has 0 saturated carbocycles. The first-order valence-electron chi connectivity index (χ1n) is 5.83. The minimum atomic E-state index is -0.0178. The number of hydrogen-bond donors (Lipinski definition) is 0. The van der Waals surface area contributed by atoms with E-state index in [9.17, 15) is 4.79 Å². The molecule has 1 aliphatic rings. The first-order valence-corrected chi connectivity index (χ1v) is 5.83. The summed E-state index contributed by atoms with van der Waals surface area (Å²) in [6.45, 7) is 2.76. The zero-order valence-corrected chi connectivity index (χ0v) is 10.6. The van der Waals surface area contributed by atoms with Crippen LogP contribution in [0, 0.1) is 0 Å². The molecule has 0 aromatic carbocycles. The van der Waals surface area contributed by atoms with Gasteiger partial charge >= 0.3 is 0 Å². The molecule has 6 heteroatoms. The Morgan fingerprint density at radius 1 is 1.41 bits per heavy atom. The van der Waals surface area contributed by atoms with E-state index in [2.05, 4.69) is 27.2 Å². The summed E-state index contributed by atoms with van der Waals surface area (Å²) in [5.41, 5.74) is 0.749. The number of hydrogen-bond acceptors (Lipinski definition) is 5. The minimum Gasteiger partial charge on any atom is -0.303 e. The van der Waals surface area contributed by atoms with Crippen LogP contribution < -0.4 is 0 Å². The molecule has 0 N–H and O–H groups in total. The third-order valence-electron chi connectivity index (χ3n) is 3.23. The molecule has 1 saturated heterocycles. The van der Waals surface area contributed by atoms with Crippen molar-refractivity contribution in [1.82, 2.24) is 24.8 Å². The fourth-order valence-electron chi connectivity index (χ4n) is 2.13. The average Bonchev–Trinajstić information content (AvgIpc) is 2.67. The molecule has 0 bridgehead atoms. The minimum absolute atomic E-state index is 0.0178. The maximum absolute atomic E-state index is 12.2. The molecule has 0 amide bonds. The number of carbonyl (C=O) groups excluding carboxylic acids is 1. The van der Waals surface area contributed by atoms with Crippen LogP contribution in [0.4, 0.5) is 0 Å². The molecule has 6 nitrogen and oxygen atoms in total. The van der Waals surface area contributed by atoms with E-state index >= 15 is 0 Å². The lowest BCUT2D eigenvalue weighted by molar-refractivity contribution is -0.125. The molecule has 1 aromatic rings. The molecule has 1 aliphatic heterocycles. The van der Waals surface area contributed by atoms with Gasteiger partial charge in [0, 0.05) is 32.9 Å². The third kappa shape index (κ3) is 2.89. The van der Waals surface area contributed by atoms with Crippen molar-refractivity contribution in [2.75, 3.05) is 33.7 Å². The number of nitrogens with zero attached hydrogens (tertiary/aromatic N) is 5. The van der Waals surface area contributed by atoms with Crippen molar-refractivity contribution in [2.24, 2.45) is 7.05 Å². The van der Waals surface area contributed by atoms with Crippen LogP contribution in [0.25, 0.3) is 0 Å². The number of piperazine rings is 1. The highest BCUT2D eigenvalue weighted by Gasteiger charge is 2.28. The Labute approximate surface area is 101 Å². The van der Waals surface area contributed by atoms with E-state index in [1.54, 1.807) is 10.9 Å². The summed E-state index contributed by atoms with van der Waals surface area (Å²) >= 11 is 0. The smallest absolute Gasteiger partial charge is 0.157 e. The summed E-state index contributed by atoms with van der Waals surface area (Å²) in [5.74, 6) is 0.222. The quantitative estimate of drug-likeness (QED) is 0.687. The van der Waals surface area contributed by atoms with Gasteiger partial charge in [0.05, 0.1) is 18.2 Å². The molecular formula is C11H19N5O. The standard InChI is InChI=1S/C11H19N5O/c1-14-4-5-15(2)10(8-14)11(17)6-9-7-16(3)13-12-9/h7,10H,4-6,8H2,1-3H3. The number of aryl methyl sites for hydroxylation is 1. The van der Waals surface area contributed by atoms with E-state index in [4.69, 9.17) is 0 Å². The Morgan fingerprint density at radius 3 is 2.82 bits per heavy atom. The molecule has 0 spiro atoms. The summed E-state index contributed by atoms with van der Waals surface area (Å²) in [4.78, 5) is 16.5. The molecule has 0 aliphatic carbocycles. The van der Waals surface area contributed by atoms with Crippen LogP contribution in [0.5, 0.6) is 0 Å². The molecule has 2 heterocycles. The molecule has 1 aromatic heterocycles. The van der Waals surface area contributed by atoms with Crippen molar-refractivity contribution < 1.29 is 4.79 Å². The van der Waals surface area contributed by atoms with Gasteiger partial charge < -0.3 is 4.90 Å². The van der Waals surface area contributed by atoms with Gasteiger partial charge in [0.1, 0.15) is 0 Å². The molecule has 0 radical (unpaired) electrons. The van der Waals surface area contributed by atoms with Crippen molar-refractivity contribution in [1.29, 1.82) is 0 Å². The maximum atomic E-state index is 12.2. The number of Topliss-reactive ketones (excluding diaryl/α,β-unsaturated/α-hetero) is 1. The molecular weight excluding hydrogens is 218 g/mol. The van der Waals surface area contributed by atoms with Gasteiger partial charge in [0.25, 0.3) is 0 Å². The van der Waals surface area contributed by atoms with Gasteiger partial charge in [-0.05, 0) is 14.1 Å². The SMILES string of the molecule is CN1CCN(C)C(C(=O)Cc2cn(C)nn2)C1. The maximum Gasteiger partial charge on any atom is 0.157 e. The molecule has 1 fully saturated rings. The lowest BCUT2D eigenvalue weighted by Crippen LogP contribution is -2.53. The molecule has 94 valence electrons. The topological polar surface area (TPSA) is 54.3 Å². The lowest BCUT2D eigenvalue weighted by atomic mass is 10.0. The van der Waals surface area contributed by atoms with E-state index < -0.39 is 0 Å². The highest BCUT2D eigenvalue weighted by atomic mass is 16.1. The van der Waals surface area contributed by atoms with Crippen molar-refractivity contribution in [3.05, 3.63) is 11.9 Å². The molecule has 1 atom stereocenters. The van der Waals surface area contributed by atoms with E-state index in [1.807, 2.05) is 14.1 Å². The molecule has 17 heavy (non-hydrogen) atoms. The van der Waals surface area contributed by atoms with Gasteiger partial charge in [0.2, 0.25) is 0 Å². The van der Waals surface area contributed by atoms with Crippen LogP contribution in [0.2, 0.25) is 0 Å². The summed E-state index contributed by atoms with van der Waals surface area (Å²) in [6.07, 6.45) is 2.17. The predicted molar refractivity (Wildman–Crippen MR) is 63.6 cm³/mol. The van der Waals surface area contributed by atoms with E-state index in [0.29, 0.717) is 6.42 Å². The Hall–Kier alpha value is -1.27. The van der Waals surface area contributed by atoms with Gasteiger partial charge in [-0.15, -0.1) is 5.10 Å². The Balaban J connectivity index is 1.99. The second-order valence-corrected chi connectivity index (χ2v) is 4.79. The van der Waals surface area contributed by atoms with Crippen LogP contribution >= 0.6 is 0 Å². The number of carbonyl (C=O) groups is 1. The van der Waals surface area contributed by atoms with Gasteiger partial charge in [-0.1, -0.05) is 5.21 Å². The fourth-order valence-corrected chi connectivity index (χ4v) is 2.13. The van der Waals surface area contributed by atoms with Crippen LogP contribution in [0.1, 0.15) is 5.69 Å². The second kappa shape index (κ2) is 4.93. The van der Waals surface area contributed by atoms with E-state index in [1.165, 1.54) is 0 Å². The molecule has 1 unspecified atom stereocenters. The van der Waals surface area contributed by atoms with Crippen molar-refractivity contribution in [3.63, 3.8) is 0 Å². The Kier molecular flexibility index (Phi) is 3.54. The van der Waals surface area contributed by atoms with Gasteiger partial charge in [0.15, 0.2) is 5.78 Å². The monoisotopic (exact) mass is 237 g/mol. The first-order chi connectivity index (χ1) is 8.06. The normalized spacial score (nSPS) is 22.9. The summed E-state index contributed by atoms with van der Waals surface area (Å²) in [6, 6.07) is -0.0178. The summed E-state index contributed by atoms with van der Waals surface area (Å²) in [5, 5.41) is 7.79. The van der Waals surface area contributed by atoms with Crippen molar-refractivity contribution >= 4 is 5.78 Å². The highest BCUT2D eigenvalue weighted by molar-refractivity contribution is 5.86. The van der Waals surface area contributed by atoms with Crippen LogP contribution in [-0.4, -0.2) is 70.3 Å². The molecule has 2 rings (SSSR count). The van der Waals surface area contributed by atoms with Crippen LogP contribution in [0.3, 0.4) is 0 Å². The first kappa shape index (κ1) is 12.2. The Morgan fingerprint density at radius 2 is 2.18 bits per heavy atom. The average molecular weight is 237 g/mol. The Bertz CT molecular complexity index is 402. The largest absolute Gasteiger partial charge is 0.303 e. The van der Waals surface area contributed by atoms with Gasteiger partial charge in [-0.25, -0.2) is 0 Å². The zero-order chi connectivity index (χ0) is 12.4. The fraction of sp³-hybridized carbons (Fsp3) is 0.727. The summed E-state index contributed by atoms with van der Waals surface area (Å²) < 4.78 is 1.62. The van der Waals surface area contributed by atoms with E-state index in [0.717, 1.165) is 25.3 Å². The van der Waals surface area contributed by atoms with Gasteiger partial charge in [-0.2, -0.15) is 0 Å². The van der Waals surface area contributed by atoms with Crippen molar-refractivity contribution in [2.45, 2.75) is 12.5 Å². The number of rotatable bonds is 3. The summed E-state index contributed by atoms with van der Waals surface area (Å²) in [7, 11) is 5.86. The number of ketones is 1. The second-order valence-electron chi connectivity index (χ2n) is 4.79. The van der Waals surface area contributed by atoms with Crippen LogP contribution in [-0.2, 0) is 18.3 Å². The lowest BCUT2D eigenvalue weighted by Gasteiger charge is -2.36. The number of aromatic nitrogens is 3. The van der Waals surface area contributed by atoms with E-state index in [-0.39, 0.29) is 11.8 Å².